The van der Waals surface area contributed by atoms with E-state index in [2.05, 4.69) is 24.0 Å². The summed E-state index contributed by atoms with van der Waals surface area (Å²) in [6.07, 6.45) is 3.31. The summed E-state index contributed by atoms with van der Waals surface area (Å²) in [5, 5.41) is 11.5. The topological polar surface area (TPSA) is 46.1 Å². The van der Waals surface area contributed by atoms with Gasteiger partial charge in [-0.1, -0.05) is 36.0 Å². The molecule has 150 valence electrons. The number of halogens is 1. The summed E-state index contributed by atoms with van der Waals surface area (Å²) in [5.41, 5.74) is 1.54. The van der Waals surface area contributed by atoms with E-state index in [-0.39, 0.29) is 23.8 Å². The largest absolute Gasteiger partial charge is 0.337 e. The van der Waals surface area contributed by atoms with Gasteiger partial charge < -0.3 is 4.90 Å². The van der Waals surface area contributed by atoms with E-state index in [4.69, 9.17) is 0 Å². The van der Waals surface area contributed by atoms with E-state index in [1.165, 1.54) is 30.3 Å². The van der Waals surface area contributed by atoms with Gasteiger partial charge in [0.05, 0.1) is 5.75 Å². The molecule has 1 amide bonds. The summed E-state index contributed by atoms with van der Waals surface area (Å²) in [7, 11) is 0. The first-order chi connectivity index (χ1) is 14.0. The minimum absolute atomic E-state index is 0.156. The number of piperidine rings is 1. The van der Waals surface area contributed by atoms with Crippen LogP contribution in [0, 0.1) is 5.82 Å². The highest BCUT2D eigenvalue weighted by Crippen LogP contribution is 2.32. The number of fused-ring (bicyclic) bond motifs is 1. The molecule has 0 saturated carbocycles. The first kappa shape index (κ1) is 19.8. The molecule has 0 spiro atoms. The van der Waals surface area contributed by atoms with E-state index in [0.717, 1.165) is 39.9 Å². The number of likely N-dealkylation sites (tertiary alicyclic amines) is 1. The number of carbonyl (C=O) groups is 1. The maximum atomic E-state index is 13.3. The van der Waals surface area contributed by atoms with Gasteiger partial charge in [0.2, 0.25) is 5.91 Å². The number of nitrogens with zero attached hydrogens (tertiary/aromatic N) is 3. The Bertz CT molecular complexity index is 1010. The van der Waals surface area contributed by atoms with E-state index in [0.29, 0.717) is 5.75 Å². The van der Waals surface area contributed by atoms with Gasteiger partial charge in [-0.25, -0.2) is 4.39 Å². The van der Waals surface area contributed by atoms with Crippen LogP contribution in [0.15, 0.2) is 53.6 Å². The van der Waals surface area contributed by atoms with Crippen LogP contribution in [0.2, 0.25) is 0 Å². The van der Waals surface area contributed by atoms with Crippen molar-refractivity contribution in [1.82, 2.24) is 15.1 Å². The first-order valence-corrected chi connectivity index (χ1v) is 11.0. The molecule has 3 aromatic rings. The molecule has 0 bridgehead atoms. The van der Waals surface area contributed by atoms with Crippen molar-refractivity contribution in [3.63, 3.8) is 0 Å². The molecule has 4 nitrogen and oxygen atoms in total. The molecule has 6 heteroatoms. The summed E-state index contributed by atoms with van der Waals surface area (Å²) in [6.45, 7) is 4.26. The Morgan fingerprint density at radius 1 is 1.03 bits per heavy atom. The van der Waals surface area contributed by atoms with Crippen LogP contribution in [0.4, 0.5) is 4.39 Å². The first-order valence-electron chi connectivity index (χ1n) is 10.00. The highest BCUT2D eigenvalue weighted by atomic mass is 32.2. The van der Waals surface area contributed by atoms with E-state index >= 15 is 0 Å². The third-order valence-corrected chi connectivity index (χ3v) is 6.55. The number of aromatic nitrogens is 2. The second-order valence-electron chi connectivity index (χ2n) is 7.62. The number of thioether (sulfide) groups is 1. The predicted molar refractivity (Wildman–Crippen MR) is 115 cm³/mol. The van der Waals surface area contributed by atoms with Crippen molar-refractivity contribution in [2.24, 2.45) is 0 Å². The Hall–Kier alpha value is -2.47. The van der Waals surface area contributed by atoms with Crippen molar-refractivity contribution in [3.05, 3.63) is 54.3 Å². The van der Waals surface area contributed by atoms with Gasteiger partial charge in [-0.2, -0.15) is 0 Å². The molecule has 0 radical (unpaired) electrons. The lowest BCUT2D eigenvalue weighted by atomic mass is 9.98. The summed E-state index contributed by atoms with van der Waals surface area (Å²) in [4.78, 5) is 14.9. The van der Waals surface area contributed by atoms with Gasteiger partial charge in [0.15, 0.2) is 0 Å². The Morgan fingerprint density at radius 2 is 1.69 bits per heavy atom. The normalized spacial score (nSPS) is 19.5. The fourth-order valence-electron chi connectivity index (χ4n) is 4.12. The van der Waals surface area contributed by atoms with Gasteiger partial charge in [0, 0.05) is 28.4 Å². The Labute approximate surface area is 174 Å². The molecule has 1 aromatic heterocycles. The lowest BCUT2D eigenvalue weighted by Gasteiger charge is -2.39. The fraction of sp³-hybridized carbons (Fsp3) is 0.348. The van der Waals surface area contributed by atoms with Crippen LogP contribution in [0.3, 0.4) is 0 Å². The SMILES string of the molecule is C[C@H]1CCC[C@H](C)N1C(=O)CSc1nnc(-c2ccc(F)cc2)c2ccccc12. The van der Waals surface area contributed by atoms with Crippen molar-refractivity contribution in [3.8, 4) is 11.3 Å². The van der Waals surface area contributed by atoms with Gasteiger partial charge in [-0.15, -0.1) is 10.2 Å². The number of benzene rings is 2. The van der Waals surface area contributed by atoms with Crippen molar-refractivity contribution < 1.29 is 9.18 Å². The maximum absolute atomic E-state index is 13.3. The zero-order valence-electron chi connectivity index (χ0n) is 16.6. The third-order valence-electron chi connectivity index (χ3n) is 5.58. The van der Waals surface area contributed by atoms with Gasteiger partial charge >= 0.3 is 0 Å². The maximum Gasteiger partial charge on any atom is 0.233 e. The average Bonchev–Trinajstić information content (AvgIpc) is 2.72. The molecule has 2 atom stereocenters. The standard InChI is InChI=1S/C23H24FN3OS/c1-15-6-5-7-16(2)27(15)21(28)14-29-23-20-9-4-3-8-19(20)22(25-26-23)17-10-12-18(24)13-11-17/h3-4,8-13,15-16H,5-7,14H2,1-2H3/t15-,16-/m0/s1. The molecule has 4 rings (SSSR count). The molecule has 29 heavy (non-hydrogen) atoms. The molecule has 1 saturated heterocycles. The lowest BCUT2D eigenvalue weighted by Crippen LogP contribution is -2.48. The van der Waals surface area contributed by atoms with Gasteiger partial charge in [-0.3, -0.25) is 4.79 Å². The zero-order valence-corrected chi connectivity index (χ0v) is 17.5. The van der Waals surface area contributed by atoms with Crippen LogP contribution in [0.1, 0.15) is 33.1 Å². The number of amides is 1. The second kappa shape index (κ2) is 8.49. The molecule has 1 fully saturated rings. The van der Waals surface area contributed by atoms with Crippen LogP contribution in [-0.4, -0.2) is 38.8 Å². The number of hydrogen-bond donors (Lipinski definition) is 0. The summed E-state index contributed by atoms with van der Waals surface area (Å²) in [6, 6.07) is 14.7. The monoisotopic (exact) mass is 409 g/mol. The van der Waals surface area contributed by atoms with Crippen LogP contribution in [0.25, 0.3) is 22.0 Å². The molecular formula is C23H24FN3OS. The zero-order chi connectivity index (χ0) is 20.4. The number of rotatable bonds is 4. The highest BCUT2D eigenvalue weighted by molar-refractivity contribution is 8.00. The number of carbonyl (C=O) groups excluding carboxylic acids is 1. The number of hydrogen-bond acceptors (Lipinski definition) is 4. The van der Waals surface area contributed by atoms with Gasteiger partial charge in [0.1, 0.15) is 16.5 Å². The third kappa shape index (κ3) is 4.13. The van der Waals surface area contributed by atoms with Gasteiger partial charge in [0.25, 0.3) is 0 Å². The van der Waals surface area contributed by atoms with E-state index < -0.39 is 0 Å². The van der Waals surface area contributed by atoms with Crippen molar-refractivity contribution >= 4 is 28.4 Å². The van der Waals surface area contributed by atoms with Crippen LogP contribution < -0.4 is 0 Å². The van der Waals surface area contributed by atoms with E-state index in [9.17, 15) is 9.18 Å². The molecular weight excluding hydrogens is 385 g/mol. The van der Waals surface area contributed by atoms with Gasteiger partial charge in [-0.05, 0) is 57.4 Å². The molecule has 0 unspecified atom stereocenters. The predicted octanol–water partition coefficient (Wildman–Crippen LogP) is 5.32. The summed E-state index contributed by atoms with van der Waals surface area (Å²) in [5.74, 6) is 0.226. The molecule has 0 N–H and O–H groups in total. The van der Waals surface area contributed by atoms with Crippen LogP contribution in [0.5, 0.6) is 0 Å². The average molecular weight is 410 g/mol. The fourth-order valence-corrected chi connectivity index (χ4v) is 4.97. The van der Waals surface area contributed by atoms with E-state index in [1.807, 2.05) is 29.2 Å². The molecule has 0 aliphatic carbocycles. The molecule has 2 aromatic carbocycles. The minimum atomic E-state index is -0.280. The van der Waals surface area contributed by atoms with Crippen LogP contribution >= 0.6 is 11.8 Å². The smallest absolute Gasteiger partial charge is 0.233 e. The Balaban J connectivity index is 1.59. The Morgan fingerprint density at radius 3 is 2.38 bits per heavy atom. The van der Waals surface area contributed by atoms with Crippen LogP contribution in [-0.2, 0) is 4.79 Å². The van der Waals surface area contributed by atoms with Crippen molar-refractivity contribution in [2.45, 2.75) is 50.2 Å². The molecule has 2 heterocycles. The van der Waals surface area contributed by atoms with Crippen molar-refractivity contribution in [1.29, 1.82) is 0 Å². The van der Waals surface area contributed by atoms with Crippen molar-refractivity contribution in [2.75, 3.05) is 5.75 Å². The van der Waals surface area contributed by atoms with E-state index in [1.54, 1.807) is 12.1 Å². The summed E-state index contributed by atoms with van der Waals surface area (Å²) < 4.78 is 13.3. The lowest BCUT2D eigenvalue weighted by molar-refractivity contribution is -0.134. The summed E-state index contributed by atoms with van der Waals surface area (Å²) >= 11 is 1.44. The highest BCUT2D eigenvalue weighted by Gasteiger charge is 2.28. The minimum Gasteiger partial charge on any atom is -0.337 e. The second-order valence-corrected chi connectivity index (χ2v) is 8.59. The Kier molecular flexibility index (Phi) is 5.81. The molecule has 1 aliphatic heterocycles. The molecule has 1 aliphatic rings. The quantitative estimate of drug-likeness (QED) is 0.547.